The van der Waals surface area contributed by atoms with E-state index in [2.05, 4.69) is 0 Å². The average molecular weight is 365 g/mol. The van der Waals surface area contributed by atoms with E-state index in [4.69, 9.17) is 4.42 Å². The fourth-order valence-electron chi connectivity index (χ4n) is 3.04. The van der Waals surface area contributed by atoms with Crippen LogP contribution in [-0.2, 0) is 14.6 Å². The highest BCUT2D eigenvalue weighted by molar-refractivity contribution is 7.97. The summed E-state index contributed by atoms with van der Waals surface area (Å²) in [5.41, 5.74) is 1.06. The fourth-order valence-corrected chi connectivity index (χ4v) is 4.91. The summed E-state index contributed by atoms with van der Waals surface area (Å²) in [6, 6.07) is 20.8. The smallest absolute Gasteiger partial charge is 0.271 e. The van der Waals surface area contributed by atoms with Crippen LogP contribution in [0.15, 0.2) is 88.4 Å². The summed E-state index contributed by atoms with van der Waals surface area (Å²) in [6.45, 7) is 0. The third kappa shape index (κ3) is 2.64. The van der Waals surface area contributed by atoms with Crippen LogP contribution in [-0.4, -0.2) is 14.3 Å². The number of sulfone groups is 1. The zero-order chi connectivity index (χ0) is 18.1. The van der Waals surface area contributed by atoms with E-state index in [-0.39, 0.29) is 4.91 Å². The van der Waals surface area contributed by atoms with Crippen LogP contribution in [0.5, 0.6) is 0 Å². The lowest BCUT2D eigenvalue weighted by molar-refractivity contribution is -0.114. The molecular weight excluding hydrogens is 350 g/mol. The first-order valence-corrected chi connectivity index (χ1v) is 9.56. The molecule has 0 radical (unpaired) electrons. The van der Waals surface area contributed by atoms with Crippen molar-refractivity contribution in [2.75, 3.05) is 4.90 Å². The minimum atomic E-state index is -3.93. The Kier molecular flexibility index (Phi) is 3.97. The van der Waals surface area contributed by atoms with Crippen LogP contribution in [0, 0.1) is 0 Å². The quantitative estimate of drug-likeness (QED) is 0.663. The molecule has 3 aromatic rings. The molecule has 1 fully saturated rings. The molecule has 0 unspecified atom stereocenters. The van der Waals surface area contributed by atoms with E-state index in [1.165, 1.54) is 17.2 Å². The minimum absolute atomic E-state index is 0.273. The largest absolute Gasteiger partial charge is 0.465 e. The number of furan rings is 1. The number of anilines is 1. The van der Waals surface area contributed by atoms with Gasteiger partial charge in [0.25, 0.3) is 5.91 Å². The molecule has 1 saturated heterocycles. The lowest BCUT2D eigenvalue weighted by atomic mass is 10.2. The number of rotatable bonds is 3. The Labute approximate surface area is 151 Å². The van der Waals surface area contributed by atoms with Gasteiger partial charge >= 0.3 is 0 Å². The molecule has 130 valence electrons. The predicted octanol–water partition coefficient (Wildman–Crippen LogP) is 3.78. The van der Waals surface area contributed by atoms with Crippen LogP contribution < -0.4 is 4.90 Å². The van der Waals surface area contributed by atoms with Gasteiger partial charge in [0.2, 0.25) is 9.84 Å². The Bertz CT molecular complexity index is 1060. The van der Waals surface area contributed by atoms with Crippen molar-refractivity contribution in [3.05, 3.63) is 95.3 Å². The zero-order valence-corrected chi connectivity index (χ0v) is 14.5. The molecule has 6 heteroatoms. The van der Waals surface area contributed by atoms with Gasteiger partial charge in [0.1, 0.15) is 10.7 Å². The second kappa shape index (κ2) is 6.31. The molecule has 1 aliphatic rings. The Morgan fingerprint density at radius 2 is 1.54 bits per heavy atom. The Morgan fingerprint density at radius 3 is 2.15 bits per heavy atom. The second-order valence-electron chi connectivity index (χ2n) is 5.84. The van der Waals surface area contributed by atoms with Gasteiger partial charge in [-0.15, -0.1) is 0 Å². The molecule has 0 aliphatic carbocycles. The van der Waals surface area contributed by atoms with E-state index in [1.807, 2.05) is 6.07 Å². The van der Waals surface area contributed by atoms with E-state index in [0.29, 0.717) is 17.0 Å². The molecule has 1 amide bonds. The van der Waals surface area contributed by atoms with Gasteiger partial charge in [-0.05, 0) is 29.8 Å². The molecule has 2 aromatic carbocycles. The molecule has 0 bridgehead atoms. The van der Waals surface area contributed by atoms with Crippen molar-refractivity contribution in [1.82, 2.24) is 0 Å². The van der Waals surface area contributed by atoms with Gasteiger partial charge in [-0.25, -0.2) is 8.42 Å². The minimum Gasteiger partial charge on any atom is -0.465 e. The number of carbonyl (C=O) groups is 1. The molecule has 5 nitrogen and oxygen atoms in total. The molecule has 0 spiro atoms. The van der Waals surface area contributed by atoms with E-state index in [9.17, 15) is 13.2 Å². The van der Waals surface area contributed by atoms with Gasteiger partial charge < -0.3 is 4.42 Å². The monoisotopic (exact) mass is 365 g/mol. The van der Waals surface area contributed by atoms with Gasteiger partial charge in [-0.2, -0.15) is 0 Å². The molecule has 1 aliphatic heterocycles. The van der Waals surface area contributed by atoms with Crippen LogP contribution in [0.1, 0.15) is 16.7 Å². The highest BCUT2D eigenvalue weighted by Gasteiger charge is 2.50. The molecule has 26 heavy (non-hydrogen) atoms. The van der Waals surface area contributed by atoms with Crippen molar-refractivity contribution >= 4 is 27.5 Å². The van der Waals surface area contributed by atoms with Crippen molar-refractivity contribution in [1.29, 1.82) is 0 Å². The number of amides is 1. The highest BCUT2D eigenvalue weighted by atomic mass is 32.2. The molecule has 1 atom stereocenters. The molecule has 2 heterocycles. The normalized spacial score (nSPS) is 20.6. The van der Waals surface area contributed by atoms with Gasteiger partial charge in [-0.1, -0.05) is 48.5 Å². The first-order valence-electron chi connectivity index (χ1n) is 8.02. The Balaban J connectivity index is 1.93. The highest BCUT2D eigenvalue weighted by Crippen LogP contribution is 2.43. The second-order valence-corrected chi connectivity index (χ2v) is 7.82. The van der Waals surface area contributed by atoms with Crippen LogP contribution in [0.25, 0.3) is 6.08 Å². The summed E-state index contributed by atoms with van der Waals surface area (Å²) in [7, 11) is -3.93. The number of carbonyl (C=O) groups excluding carboxylic acids is 1. The summed E-state index contributed by atoms with van der Waals surface area (Å²) >= 11 is 0. The summed E-state index contributed by atoms with van der Waals surface area (Å²) in [5.74, 6) is -0.250. The van der Waals surface area contributed by atoms with E-state index >= 15 is 0 Å². The van der Waals surface area contributed by atoms with Crippen molar-refractivity contribution < 1.29 is 17.6 Å². The number of hydrogen-bond donors (Lipinski definition) is 0. The molecule has 4 rings (SSSR count). The lowest BCUT2D eigenvalue weighted by Crippen LogP contribution is -2.28. The third-order valence-corrected chi connectivity index (χ3v) is 6.18. The van der Waals surface area contributed by atoms with E-state index in [1.54, 1.807) is 66.7 Å². The van der Waals surface area contributed by atoms with E-state index < -0.39 is 21.1 Å². The van der Waals surface area contributed by atoms with Crippen LogP contribution in [0.3, 0.4) is 0 Å². The number of benzene rings is 2. The SMILES string of the molecule is O=C1/C(=C/c2ccco2)S(=O)(=O)[C@H](c2ccccc2)N1c1ccccc1. The van der Waals surface area contributed by atoms with Crippen LogP contribution in [0.4, 0.5) is 5.69 Å². The molecule has 1 aromatic heterocycles. The Morgan fingerprint density at radius 1 is 0.885 bits per heavy atom. The van der Waals surface area contributed by atoms with E-state index in [0.717, 1.165) is 0 Å². The summed E-state index contributed by atoms with van der Waals surface area (Å²) in [5, 5.41) is -1.11. The van der Waals surface area contributed by atoms with Gasteiger partial charge in [-0.3, -0.25) is 9.69 Å². The number of hydrogen-bond acceptors (Lipinski definition) is 4. The third-order valence-electron chi connectivity index (χ3n) is 4.20. The summed E-state index contributed by atoms with van der Waals surface area (Å²) < 4.78 is 31.7. The molecular formula is C20H15NO4S. The average Bonchev–Trinajstić information content (AvgIpc) is 3.24. The first kappa shape index (κ1) is 16.4. The van der Waals surface area contributed by atoms with Gasteiger partial charge in [0.15, 0.2) is 5.37 Å². The van der Waals surface area contributed by atoms with Gasteiger partial charge in [0.05, 0.1) is 6.26 Å². The standard InChI is InChI=1S/C20H15NO4S/c22-19-18(14-17-12-7-13-25-17)26(23,24)20(15-8-3-1-4-9-15)21(19)16-10-5-2-6-11-16/h1-14,20H/b18-14-/t20-/m1/s1. The topological polar surface area (TPSA) is 67.6 Å². The Hall–Kier alpha value is -3.12. The maximum absolute atomic E-state index is 13.2. The summed E-state index contributed by atoms with van der Waals surface area (Å²) in [4.78, 5) is 14.1. The first-order chi connectivity index (χ1) is 12.6. The van der Waals surface area contributed by atoms with Crippen molar-refractivity contribution in [2.24, 2.45) is 0 Å². The van der Waals surface area contributed by atoms with Crippen molar-refractivity contribution in [3.8, 4) is 0 Å². The summed E-state index contributed by atoms with van der Waals surface area (Å²) in [6.07, 6.45) is 2.72. The molecule has 0 N–H and O–H groups in total. The van der Waals surface area contributed by atoms with Crippen LogP contribution in [0.2, 0.25) is 0 Å². The van der Waals surface area contributed by atoms with Gasteiger partial charge in [0, 0.05) is 11.8 Å². The maximum atomic E-state index is 13.2. The molecule has 0 saturated carbocycles. The fraction of sp³-hybridized carbons (Fsp3) is 0.0500. The van der Waals surface area contributed by atoms with Crippen molar-refractivity contribution in [3.63, 3.8) is 0 Å². The zero-order valence-electron chi connectivity index (χ0n) is 13.6. The van der Waals surface area contributed by atoms with Crippen LogP contribution >= 0.6 is 0 Å². The number of para-hydroxylation sites is 1. The van der Waals surface area contributed by atoms with Crippen molar-refractivity contribution in [2.45, 2.75) is 5.37 Å². The lowest BCUT2D eigenvalue weighted by Gasteiger charge is -2.23. The predicted molar refractivity (Wildman–Crippen MR) is 98.7 cm³/mol. The maximum Gasteiger partial charge on any atom is 0.271 e. The number of nitrogens with zero attached hydrogens (tertiary/aromatic N) is 1.